The van der Waals surface area contributed by atoms with Crippen molar-refractivity contribution in [2.75, 3.05) is 5.32 Å². The van der Waals surface area contributed by atoms with Gasteiger partial charge in [0.15, 0.2) is 11.4 Å². The molecule has 3 aromatic rings. The minimum atomic E-state index is -0.253. The summed E-state index contributed by atoms with van der Waals surface area (Å²) < 4.78 is 11.9. The molecule has 92 valence electrons. The second-order valence-corrected chi connectivity index (χ2v) is 4.04. The van der Waals surface area contributed by atoms with Crippen LogP contribution in [0.25, 0.3) is 11.1 Å². The summed E-state index contributed by atoms with van der Waals surface area (Å²) in [5.41, 5.74) is 2.06. The minimum absolute atomic E-state index is 0.253. The van der Waals surface area contributed by atoms with Crippen LogP contribution in [-0.2, 0) is 7.05 Å². The summed E-state index contributed by atoms with van der Waals surface area (Å²) in [6, 6.07) is 5.16. The number of nitrogens with one attached hydrogen (secondary N) is 1. The van der Waals surface area contributed by atoms with E-state index < -0.39 is 0 Å². The number of nitrogens with zero attached hydrogens (tertiary/aromatic N) is 2. The Kier molecular flexibility index (Phi) is 2.22. The number of rotatable bonds is 2. The summed E-state index contributed by atoms with van der Waals surface area (Å²) in [6.07, 6.45) is 1.59. The molecule has 6 nitrogen and oxygen atoms in total. The lowest BCUT2D eigenvalue weighted by Crippen LogP contribution is -2.15. The van der Waals surface area contributed by atoms with E-state index in [0.717, 1.165) is 5.52 Å². The van der Waals surface area contributed by atoms with Gasteiger partial charge in [0.1, 0.15) is 11.5 Å². The number of hydrogen-bond donors (Lipinski definition) is 1. The summed E-state index contributed by atoms with van der Waals surface area (Å²) in [6.45, 7) is 1.76. The normalized spacial score (nSPS) is 11.0. The second kappa shape index (κ2) is 3.76. The molecule has 0 saturated heterocycles. The van der Waals surface area contributed by atoms with E-state index in [1.54, 1.807) is 36.9 Å². The molecule has 0 spiro atoms. The maximum absolute atomic E-state index is 12.1. The Bertz CT molecular complexity index is 720. The standard InChI is InChI=1S/C12H11N3O3/c1-7-5-11(14-18-7)13-12(16)9-6-10-8(15(9)2)3-4-17-10/h3-6H,1-2H3,(H,13,14,16). The van der Waals surface area contributed by atoms with Crippen LogP contribution in [0, 0.1) is 6.92 Å². The van der Waals surface area contributed by atoms with E-state index in [-0.39, 0.29) is 5.91 Å². The van der Waals surface area contributed by atoms with Crippen molar-refractivity contribution in [1.29, 1.82) is 0 Å². The fourth-order valence-electron chi connectivity index (χ4n) is 1.87. The summed E-state index contributed by atoms with van der Waals surface area (Å²) >= 11 is 0. The average Bonchev–Trinajstić information content (AvgIpc) is 2.98. The van der Waals surface area contributed by atoms with Crippen LogP contribution in [0.1, 0.15) is 16.2 Å². The van der Waals surface area contributed by atoms with Gasteiger partial charge in [-0.05, 0) is 6.92 Å². The molecule has 0 radical (unpaired) electrons. The van der Waals surface area contributed by atoms with Gasteiger partial charge in [-0.15, -0.1) is 0 Å². The molecule has 1 N–H and O–H groups in total. The lowest BCUT2D eigenvalue weighted by molar-refractivity contribution is 0.101. The largest absolute Gasteiger partial charge is 0.463 e. The van der Waals surface area contributed by atoms with Crippen LogP contribution in [0.3, 0.4) is 0 Å². The molecule has 0 atom stereocenters. The zero-order valence-electron chi connectivity index (χ0n) is 9.93. The molecular weight excluding hydrogens is 234 g/mol. The quantitative estimate of drug-likeness (QED) is 0.751. The lowest BCUT2D eigenvalue weighted by Gasteiger charge is -2.02. The fraction of sp³-hybridized carbons (Fsp3) is 0.167. The molecule has 6 heteroatoms. The summed E-state index contributed by atoms with van der Waals surface area (Å²) in [7, 11) is 1.81. The Labute approximate surface area is 102 Å². The van der Waals surface area contributed by atoms with Gasteiger partial charge < -0.3 is 18.8 Å². The first kappa shape index (κ1) is 10.6. The average molecular weight is 245 g/mol. The highest BCUT2D eigenvalue weighted by Gasteiger charge is 2.16. The lowest BCUT2D eigenvalue weighted by atomic mass is 10.4. The van der Waals surface area contributed by atoms with Gasteiger partial charge in [-0.2, -0.15) is 0 Å². The first-order valence-corrected chi connectivity index (χ1v) is 5.43. The summed E-state index contributed by atoms with van der Waals surface area (Å²) in [4.78, 5) is 12.1. The van der Waals surface area contributed by atoms with E-state index in [4.69, 9.17) is 8.94 Å². The molecule has 0 aromatic carbocycles. The van der Waals surface area contributed by atoms with E-state index in [1.165, 1.54) is 0 Å². The number of carbonyl (C=O) groups is 1. The highest BCUT2D eigenvalue weighted by molar-refractivity contribution is 6.05. The van der Waals surface area contributed by atoms with Crippen LogP contribution >= 0.6 is 0 Å². The van der Waals surface area contributed by atoms with Gasteiger partial charge in [0.25, 0.3) is 5.91 Å². The van der Waals surface area contributed by atoms with E-state index >= 15 is 0 Å². The van der Waals surface area contributed by atoms with Gasteiger partial charge in [-0.3, -0.25) is 4.79 Å². The number of hydrogen-bond acceptors (Lipinski definition) is 4. The Morgan fingerprint density at radius 2 is 2.28 bits per heavy atom. The predicted octanol–water partition coefficient (Wildman–Crippen LogP) is 2.32. The van der Waals surface area contributed by atoms with Crippen molar-refractivity contribution in [3.8, 4) is 0 Å². The summed E-state index contributed by atoms with van der Waals surface area (Å²) in [5, 5.41) is 6.38. The fourth-order valence-corrected chi connectivity index (χ4v) is 1.87. The van der Waals surface area contributed by atoms with Gasteiger partial charge in [0.05, 0.1) is 11.8 Å². The van der Waals surface area contributed by atoms with Crippen molar-refractivity contribution in [1.82, 2.24) is 9.72 Å². The Morgan fingerprint density at radius 1 is 1.44 bits per heavy atom. The van der Waals surface area contributed by atoms with Crippen molar-refractivity contribution in [3.63, 3.8) is 0 Å². The predicted molar refractivity (Wildman–Crippen MR) is 64.4 cm³/mol. The SMILES string of the molecule is Cc1cc(NC(=O)c2cc3occc3n2C)no1. The first-order chi connectivity index (χ1) is 8.65. The van der Waals surface area contributed by atoms with Crippen LogP contribution in [0.4, 0.5) is 5.82 Å². The molecule has 18 heavy (non-hydrogen) atoms. The smallest absolute Gasteiger partial charge is 0.273 e. The molecule has 3 rings (SSSR count). The molecule has 0 aliphatic carbocycles. The highest BCUT2D eigenvalue weighted by Crippen LogP contribution is 2.20. The van der Waals surface area contributed by atoms with Gasteiger partial charge >= 0.3 is 0 Å². The monoisotopic (exact) mass is 245 g/mol. The van der Waals surface area contributed by atoms with Gasteiger partial charge in [-0.1, -0.05) is 5.16 Å². The molecule has 0 aliphatic heterocycles. The third-order valence-electron chi connectivity index (χ3n) is 2.77. The van der Waals surface area contributed by atoms with Crippen LogP contribution in [0.15, 0.2) is 33.4 Å². The molecule has 3 aromatic heterocycles. The second-order valence-electron chi connectivity index (χ2n) is 4.04. The topological polar surface area (TPSA) is 73.2 Å². The Morgan fingerprint density at radius 3 is 2.94 bits per heavy atom. The third-order valence-corrected chi connectivity index (χ3v) is 2.77. The van der Waals surface area contributed by atoms with E-state index in [2.05, 4.69) is 10.5 Å². The molecule has 0 fully saturated rings. The van der Waals surface area contributed by atoms with Crippen molar-refractivity contribution >= 4 is 22.8 Å². The van der Waals surface area contributed by atoms with E-state index in [9.17, 15) is 4.79 Å². The van der Waals surface area contributed by atoms with Gasteiger partial charge in [-0.25, -0.2) is 0 Å². The number of aromatic nitrogens is 2. The molecular formula is C12H11N3O3. The number of furan rings is 1. The maximum atomic E-state index is 12.1. The number of amides is 1. The van der Waals surface area contributed by atoms with E-state index in [1.807, 2.05) is 6.07 Å². The minimum Gasteiger partial charge on any atom is -0.463 e. The maximum Gasteiger partial charge on any atom is 0.273 e. The summed E-state index contributed by atoms with van der Waals surface area (Å²) in [5.74, 6) is 0.790. The van der Waals surface area contributed by atoms with Crippen molar-refractivity contribution in [2.45, 2.75) is 6.92 Å². The van der Waals surface area contributed by atoms with Crippen LogP contribution < -0.4 is 5.32 Å². The number of aryl methyl sites for hydroxylation is 2. The molecule has 3 heterocycles. The zero-order chi connectivity index (χ0) is 12.7. The molecule has 0 saturated carbocycles. The van der Waals surface area contributed by atoms with Crippen molar-refractivity contribution < 1.29 is 13.7 Å². The van der Waals surface area contributed by atoms with E-state index in [0.29, 0.717) is 22.9 Å². The molecule has 0 unspecified atom stereocenters. The zero-order valence-corrected chi connectivity index (χ0v) is 9.93. The number of fused-ring (bicyclic) bond motifs is 1. The number of anilines is 1. The molecule has 1 amide bonds. The Balaban J connectivity index is 1.92. The Hall–Kier alpha value is -2.50. The molecule has 0 aliphatic rings. The van der Waals surface area contributed by atoms with Gasteiger partial charge in [0.2, 0.25) is 0 Å². The van der Waals surface area contributed by atoms with Crippen molar-refractivity contribution in [3.05, 3.63) is 35.9 Å². The highest BCUT2D eigenvalue weighted by atomic mass is 16.5. The van der Waals surface area contributed by atoms with Crippen LogP contribution in [-0.4, -0.2) is 15.6 Å². The third kappa shape index (κ3) is 1.58. The van der Waals surface area contributed by atoms with Crippen LogP contribution in [0.2, 0.25) is 0 Å². The molecule has 0 bridgehead atoms. The van der Waals surface area contributed by atoms with Crippen LogP contribution in [0.5, 0.6) is 0 Å². The van der Waals surface area contributed by atoms with Gasteiger partial charge in [0, 0.05) is 25.2 Å². The van der Waals surface area contributed by atoms with Crippen molar-refractivity contribution in [2.24, 2.45) is 7.05 Å². The number of carbonyl (C=O) groups excluding carboxylic acids is 1. The first-order valence-electron chi connectivity index (χ1n) is 5.43.